The Morgan fingerprint density at radius 2 is 2.08 bits per heavy atom. The Bertz CT molecular complexity index is 977. The number of tetrazole rings is 1. The third-order valence-corrected chi connectivity index (χ3v) is 3.60. The van der Waals surface area contributed by atoms with Crippen molar-refractivity contribution in [3.05, 3.63) is 59.4 Å². The lowest BCUT2D eigenvalue weighted by atomic mass is 10.1. The van der Waals surface area contributed by atoms with Gasteiger partial charge in [0.05, 0.1) is 29.5 Å². The number of aryl methyl sites for hydroxylation is 1. The van der Waals surface area contributed by atoms with Crippen molar-refractivity contribution in [1.29, 1.82) is 5.26 Å². The first-order valence-corrected chi connectivity index (χ1v) is 7.85. The maximum absolute atomic E-state index is 12.5. The Hall–Kier alpha value is -3.73. The molecule has 0 aliphatic rings. The quantitative estimate of drug-likeness (QED) is 0.515. The van der Waals surface area contributed by atoms with E-state index in [1.165, 1.54) is 17.1 Å². The topological polar surface area (TPSA) is 103 Å². The van der Waals surface area contributed by atoms with Crippen LogP contribution in [0.5, 0.6) is 11.5 Å². The van der Waals surface area contributed by atoms with Gasteiger partial charge in [0.25, 0.3) is 0 Å². The molecule has 0 amide bonds. The van der Waals surface area contributed by atoms with E-state index in [0.29, 0.717) is 23.5 Å². The Balaban J connectivity index is 1.85. The highest BCUT2D eigenvalue weighted by atomic mass is 16.6. The number of benzene rings is 2. The Labute approximate surface area is 149 Å². The van der Waals surface area contributed by atoms with Crippen LogP contribution < -0.4 is 9.47 Å². The van der Waals surface area contributed by atoms with Crippen LogP contribution in [0.2, 0.25) is 0 Å². The number of aromatic nitrogens is 4. The molecule has 0 spiro atoms. The van der Waals surface area contributed by atoms with Crippen molar-refractivity contribution in [2.45, 2.75) is 13.8 Å². The van der Waals surface area contributed by atoms with E-state index in [-0.39, 0.29) is 5.75 Å². The van der Waals surface area contributed by atoms with E-state index >= 15 is 0 Å². The highest BCUT2D eigenvalue weighted by molar-refractivity contribution is 5.92. The molecule has 0 saturated heterocycles. The van der Waals surface area contributed by atoms with Crippen molar-refractivity contribution in [1.82, 2.24) is 20.2 Å². The number of hydrogen-bond donors (Lipinski definition) is 0. The second-order valence-corrected chi connectivity index (χ2v) is 5.35. The van der Waals surface area contributed by atoms with Crippen molar-refractivity contribution in [3.8, 4) is 23.3 Å². The fraction of sp³-hybridized carbons (Fsp3) is 0.167. The van der Waals surface area contributed by atoms with Gasteiger partial charge in [-0.25, -0.2) is 9.48 Å². The minimum absolute atomic E-state index is 0.262. The minimum atomic E-state index is -0.526. The van der Waals surface area contributed by atoms with Crippen molar-refractivity contribution >= 4 is 5.97 Å². The minimum Gasteiger partial charge on any atom is -0.490 e. The molecular formula is C18H15N5O3. The normalized spacial score (nSPS) is 10.2. The highest BCUT2D eigenvalue weighted by Crippen LogP contribution is 2.29. The van der Waals surface area contributed by atoms with Crippen molar-refractivity contribution in [2.24, 2.45) is 0 Å². The molecule has 3 rings (SSSR count). The van der Waals surface area contributed by atoms with Crippen LogP contribution in [0.25, 0.3) is 5.69 Å². The van der Waals surface area contributed by atoms with Crippen LogP contribution in [0.1, 0.15) is 28.4 Å². The number of nitriles is 1. The van der Waals surface area contributed by atoms with Gasteiger partial charge in [-0.1, -0.05) is 0 Å². The van der Waals surface area contributed by atoms with Gasteiger partial charge >= 0.3 is 5.97 Å². The van der Waals surface area contributed by atoms with Gasteiger partial charge < -0.3 is 9.47 Å². The van der Waals surface area contributed by atoms with E-state index in [1.54, 1.807) is 30.3 Å². The fourth-order valence-electron chi connectivity index (χ4n) is 2.40. The number of ether oxygens (including phenoxy) is 2. The molecule has 3 aromatic rings. The maximum atomic E-state index is 12.5. The Kier molecular flexibility index (Phi) is 4.90. The zero-order chi connectivity index (χ0) is 18.5. The first-order chi connectivity index (χ1) is 12.6. The van der Waals surface area contributed by atoms with E-state index in [0.717, 1.165) is 11.3 Å². The zero-order valence-electron chi connectivity index (χ0n) is 14.2. The summed E-state index contributed by atoms with van der Waals surface area (Å²) in [7, 11) is 0. The van der Waals surface area contributed by atoms with Gasteiger partial charge in [-0.15, -0.1) is 5.10 Å². The molecule has 0 aliphatic heterocycles. The fourth-order valence-corrected chi connectivity index (χ4v) is 2.40. The third-order valence-electron chi connectivity index (χ3n) is 3.60. The SMILES string of the molecule is CCOc1cc(C#N)ccc1OC(=O)c1ccc(-n2cnnn2)c(C)c1. The predicted molar refractivity (Wildman–Crippen MR) is 91.2 cm³/mol. The number of carbonyl (C=O) groups excluding carboxylic acids is 1. The van der Waals surface area contributed by atoms with E-state index in [1.807, 2.05) is 19.9 Å². The molecule has 0 saturated carbocycles. The number of carbonyl (C=O) groups is 1. The summed E-state index contributed by atoms with van der Waals surface area (Å²) in [5.74, 6) is 0.0852. The summed E-state index contributed by atoms with van der Waals surface area (Å²) in [5.41, 5.74) is 2.39. The van der Waals surface area contributed by atoms with Crippen LogP contribution in [-0.2, 0) is 0 Å². The largest absolute Gasteiger partial charge is 0.490 e. The van der Waals surface area contributed by atoms with Crippen molar-refractivity contribution in [2.75, 3.05) is 6.61 Å². The molecule has 0 radical (unpaired) electrons. The van der Waals surface area contributed by atoms with Gasteiger partial charge in [0.1, 0.15) is 6.33 Å². The molecule has 8 heteroatoms. The van der Waals surface area contributed by atoms with Gasteiger partial charge in [0.2, 0.25) is 0 Å². The van der Waals surface area contributed by atoms with Crippen molar-refractivity contribution < 1.29 is 14.3 Å². The molecule has 130 valence electrons. The lowest BCUT2D eigenvalue weighted by Gasteiger charge is -2.11. The number of nitrogens with zero attached hydrogens (tertiary/aromatic N) is 5. The molecule has 0 bridgehead atoms. The molecule has 0 N–H and O–H groups in total. The average molecular weight is 349 g/mol. The molecule has 0 unspecified atom stereocenters. The molecular weight excluding hydrogens is 334 g/mol. The molecule has 0 aliphatic carbocycles. The monoisotopic (exact) mass is 349 g/mol. The van der Waals surface area contributed by atoms with Crippen LogP contribution >= 0.6 is 0 Å². The van der Waals surface area contributed by atoms with E-state index < -0.39 is 5.97 Å². The Morgan fingerprint density at radius 1 is 1.23 bits per heavy atom. The average Bonchev–Trinajstić information content (AvgIpc) is 3.17. The summed E-state index contributed by atoms with van der Waals surface area (Å²) in [6.07, 6.45) is 1.48. The van der Waals surface area contributed by atoms with E-state index in [9.17, 15) is 4.79 Å². The van der Waals surface area contributed by atoms with Gasteiger partial charge in [-0.3, -0.25) is 0 Å². The Morgan fingerprint density at radius 3 is 2.73 bits per heavy atom. The van der Waals surface area contributed by atoms with Crippen LogP contribution in [0, 0.1) is 18.3 Å². The first-order valence-electron chi connectivity index (χ1n) is 7.85. The summed E-state index contributed by atoms with van der Waals surface area (Å²) in [5, 5.41) is 20.0. The van der Waals surface area contributed by atoms with Gasteiger partial charge in [-0.2, -0.15) is 5.26 Å². The maximum Gasteiger partial charge on any atom is 0.343 e. The lowest BCUT2D eigenvalue weighted by molar-refractivity contribution is 0.0728. The molecule has 0 fully saturated rings. The highest BCUT2D eigenvalue weighted by Gasteiger charge is 2.15. The second-order valence-electron chi connectivity index (χ2n) is 5.35. The van der Waals surface area contributed by atoms with Gasteiger partial charge in [0, 0.05) is 6.07 Å². The number of rotatable bonds is 5. The molecule has 26 heavy (non-hydrogen) atoms. The molecule has 8 nitrogen and oxygen atoms in total. The van der Waals surface area contributed by atoms with Crippen LogP contribution in [0.4, 0.5) is 0 Å². The van der Waals surface area contributed by atoms with Crippen LogP contribution in [0.15, 0.2) is 42.7 Å². The second kappa shape index (κ2) is 7.44. The first kappa shape index (κ1) is 17.1. The standard InChI is InChI=1S/C18H15N5O3/c1-3-25-17-9-13(10-19)4-7-16(17)26-18(24)14-5-6-15(12(2)8-14)23-11-20-21-22-23/h4-9,11H,3H2,1-2H3. The molecule has 2 aromatic carbocycles. The van der Waals surface area contributed by atoms with Crippen molar-refractivity contribution in [3.63, 3.8) is 0 Å². The van der Waals surface area contributed by atoms with Gasteiger partial charge in [-0.05, 0) is 60.2 Å². The summed E-state index contributed by atoms with van der Waals surface area (Å²) >= 11 is 0. The van der Waals surface area contributed by atoms with Gasteiger partial charge in [0.15, 0.2) is 11.5 Å². The zero-order valence-corrected chi connectivity index (χ0v) is 14.2. The predicted octanol–water partition coefficient (Wildman–Crippen LogP) is 2.46. The summed E-state index contributed by atoms with van der Waals surface area (Å²) in [6.45, 7) is 4.05. The smallest absolute Gasteiger partial charge is 0.343 e. The van der Waals surface area contributed by atoms with Crippen LogP contribution in [-0.4, -0.2) is 32.8 Å². The van der Waals surface area contributed by atoms with E-state index in [4.69, 9.17) is 14.7 Å². The summed E-state index contributed by atoms with van der Waals surface area (Å²) in [4.78, 5) is 12.5. The summed E-state index contributed by atoms with van der Waals surface area (Å²) < 4.78 is 12.4. The molecule has 1 aromatic heterocycles. The number of esters is 1. The van der Waals surface area contributed by atoms with Crippen LogP contribution in [0.3, 0.4) is 0 Å². The number of hydrogen-bond acceptors (Lipinski definition) is 7. The third kappa shape index (κ3) is 3.52. The lowest BCUT2D eigenvalue weighted by Crippen LogP contribution is -2.11. The van der Waals surface area contributed by atoms with E-state index in [2.05, 4.69) is 15.5 Å². The summed E-state index contributed by atoms with van der Waals surface area (Å²) in [6, 6.07) is 11.8. The molecule has 1 heterocycles. The molecule has 0 atom stereocenters.